The molecule has 1 fully saturated rings. The lowest BCUT2D eigenvalue weighted by molar-refractivity contribution is 0.134. The zero-order chi connectivity index (χ0) is 18.0. The molecule has 0 N–H and O–H groups in total. The van der Waals surface area contributed by atoms with Crippen LogP contribution in [0.2, 0.25) is 0 Å². The van der Waals surface area contributed by atoms with Crippen molar-refractivity contribution in [3.63, 3.8) is 0 Å². The molecule has 0 spiro atoms. The molecule has 0 saturated carbocycles. The smallest absolute Gasteiger partial charge is 0.123 e. The van der Waals surface area contributed by atoms with Crippen molar-refractivity contribution >= 4 is 0 Å². The predicted octanol–water partition coefficient (Wildman–Crippen LogP) is 3.44. The Hall–Kier alpha value is -1.91. The number of hydrogen-bond donors (Lipinski definition) is 0. The highest BCUT2D eigenvalue weighted by Gasteiger charge is 2.16. The van der Waals surface area contributed by atoms with Gasteiger partial charge in [0.25, 0.3) is 0 Å². The van der Waals surface area contributed by atoms with Crippen molar-refractivity contribution in [1.29, 1.82) is 0 Å². The number of nitrogens with zero attached hydrogens (tertiary/aromatic N) is 2. The van der Waals surface area contributed by atoms with Crippen LogP contribution >= 0.6 is 0 Å². The topological polar surface area (TPSA) is 15.7 Å². The van der Waals surface area contributed by atoms with Gasteiger partial charge in [-0.3, -0.25) is 0 Å². The third kappa shape index (κ3) is 5.82. The molecule has 4 heteroatoms. The van der Waals surface area contributed by atoms with Gasteiger partial charge in [-0.2, -0.15) is 0 Å². The first-order chi connectivity index (χ1) is 12.8. The Morgan fingerprint density at radius 1 is 0.769 bits per heavy atom. The molecule has 26 heavy (non-hydrogen) atoms. The summed E-state index contributed by atoms with van der Waals surface area (Å²) >= 11 is 0. The van der Waals surface area contributed by atoms with Gasteiger partial charge in [-0.1, -0.05) is 48.5 Å². The maximum Gasteiger partial charge on any atom is 0.123 e. The third-order valence-corrected chi connectivity index (χ3v) is 5.03. The molecule has 3 nitrogen and oxygen atoms in total. The molecule has 1 saturated heterocycles. The monoisotopic (exact) mass is 356 g/mol. The van der Waals surface area contributed by atoms with Gasteiger partial charge in [0.2, 0.25) is 0 Å². The summed E-state index contributed by atoms with van der Waals surface area (Å²) in [6.45, 7) is 6.35. The van der Waals surface area contributed by atoms with Gasteiger partial charge >= 0.3 is 0 Å². The molecule has 0 aliphatic carbocycles. The van der Waals surface area contributed by atoms with E-state index in [-0.39, 0.29) is 6.61 Å². The van der Waals surface area contributed by atoms with Gasteiger partial charge in [-0.15, -0.1) is 0 Å². The second-order valence-corrected chi connectivity index (χ2v) is 6.81. The highest BCUT2D eigenvalue weighted by Crippen LogP contribution is 2.19. The van der Waals surface area contributed by atoms with E-state index in [0.717, 1.165) is 57.9 Å². The zero-order valence-corrected chi connectivity index (χ0v) is 15.4. The molecule has 0 radical (unpaired) electrons. The lowest BCUT2D eigenvalue weighted by Gasteiger charge is -2.34. The molecule has 0 bridgehead atoms. The molecule has 1 heterocycles. The number of rotatable bonds is 9. The summed E-state index contributed by atoms with van der Waals surface area (Å²) in [6.07, 6.45) is 2.08. The fourth-order valence-electron chi connectivity index (χ4n) is 3.45. The summed E-state index contributed by atoms with van der Waals surface area (Å²) in [5, 5.41) is 0. The quantitative estimate of drug-likeness (QED) is 0.685. The van der Waals surface area contributed by atoms with Crippen molar-refractivity contribution < 1.29 is 9.13 Å². The van der Waals surface area contributed by atoms with Crippen molar-refractivity contribution in [2.45, 2.75) is 12.8 Å². The SMILES string of the molecule is FCCOc1ccccc1CCN1CCN(CCc2ccccc2)CC1. The Morgan fingerprint density at radius 3 is 2.08 bits per heavy atom. The molecule has 1 aliphatic heterocycles. The summed E-state index contributed by atoms with van der Waals surface area (Å²) in [4.78, 5) is 5.08. The summed E-state index contributed by atoms with van der Waals surface area (Å²) in [7, 11) is 0. The second kappa shape index (κ2) is 10.3. The van der Waals surface area contributed by atoms with Crippen LogP contribution in [0.15, 0.2) is 54.6 Å². The number of piperazine rings is 1. The average molecular weight is 356 g/mol. The van der Waals surface area contributed by atoms with Crippen molar-refractivity contribution in [3.8, 4) is 5.75 Å². The van der Waals surface area contributed by atoms with Crippen molar-refractivity contribution in [3.05, 3.63) is 65.7 Å². The number of benzene rings is 2. The number of halogens is 1. The lowest BCUT2D eigenvalue weighted by atomic mass is 10.1. The van der Waals surface area contributed by atoms with Gasteiger partial charge in [0.05, 0.1) is 0 Å². The fourth-order valence-corrected chi connectivity index (χ4v) is 3.45. The highest BCUT2D eigenvalue weighted by atomic mass is 19.1. The number of para-hydroxylation sites is 1. The highest BCUT2D eigenvalue weighted by molar-refractivity contribution is 5.33. The van der Waals surface area contributed by atoms with Gasteiger partial charge in [-0.05, 0) is 30.0 Å². The van der Waals surface area contributed by atoms with E-state index in [1.807, 2.05) is 18.2 Å². The van der Waals surface area contributed by atoms with E-state index in [1.165, 1.54) is 11.1 Å². The van der Waals surface area contributed by atoms with Crippen molar-refractivity contribution in [2.24, 2.45) is 0 Å². The normalized spacial score (nSPS) is 15.9. The Morgan fingerprint density at radius 2 is 1.38 bits per heavy atom. The zero-order valence-electron chi connectivity index (χ0n) is 15.4. The minimum Gasteiger partial charge on any atom is -0.491 e. The standard InChI is InChI=1S/C22H29FN2O/c23-12-19-26-22-9-5-4-8-21(22)11-14-25-17-15-24(16-18-25)13-10-20-6-2-1-3-7-20/h1-9H,10-19H2. The summed E-state index contributed by atoms with van der Waals surface area (Å²) < 4.78 is 17.9. The Labute approximate surface area is 156 Å². The minimum absolute atomic E-state index is 0.136. The van der Waals surface area contributed by atoms with Gasteiger partial charge in [0.1, 0.15) is 19.0 Å². The lowest BCUT2D eigenvalue weighted by Crippen LogP contribution is -2.47. The second-order valence-electron chi connectivity index (χ2n) is 6.81. The molecule has 0 amide bonds. The molecule has 2 aromatic rings. The summed E-state index contributed by atoms with van der Waals surface area (Å²) in [5.41, 5.74) is 2.59. The van der Waals surface area contributed by atoms with Crippen LogP contribution < -0.4 is 4.74 Å². The van der Waals surface area contributed by atoms with Gasteiger partial charge < -0.3 is 14.5 Å². The molecule has 0 aromatic heterocycles. The first-order valence-corrected chi connectivity index (χ1v) is 9.60. The van der Waals surface area contributed by atoms with Crippen LogP contribution in [0.1, 0.15) is 11.1 Å². The van der Waals surface area contributed by atoms with Crippen molar-refractivity contribution in [1.82, 2.24) is 9.80 Å². The molecule has 0 unspecified atom stereocenters. The molecule has 2 aromatic carbocycles. The van der Waals surface area contributed by atoms with E-state index in [0.29, 0.717) is 0 Å². The van der Waals surface area contributed by atoms with Crippen LogP contribution in [0, 0.1) is 0 Å². The Kier molecular flexibility index (Phi) is 7.47. The van der Waals surface area contributed by atoms with Crippen LogP contribution in [-0.2, 0) is 12.8 Å². The van der Waals surface area contributed by atoms with Gasteiger partial charge in [-0.25, -0.2) is 4.39 Å². The Balaban J connectivity index is 1.39. The molecular formula is C22H29FN2O. The molecule has 1 aliphatic rings. The predicted molar refractivity (Wildman–Crippen MR) is 105 cm³/mol. The molecule has 140 valence electrons. The first-order valence-electron chi connectivity index (χ1n) is 9.60. The maximum atomic E-state index is 12.4. The van der Waals surface area contributed by atoms with Crippen LogP contribution in [-0.4, -0.2) is 62.3 Å². The van der Waals surface area contributed by atoms with E-state index < -0.39 is 6.67 Å². The molecular weight excluding hydrogens is 327 g/mol. The molecule has 3 rings (SSSR count). The van der Waals surface area contributed by atoms with Crippen LogP contribution in [0.4, 0.5) is 4.39 Å². The van der Waals surface area contributed by atoms with E-state index in [1.54, 1.807) is 0 Å². The maximum absolute atomic E-state index is 12.4. The number of hydrogen-bond acceptors (Lipinski definition) is 3. The largest absolute Gasteiger partial charge is 0.491 e. The van der Waals surface area contributed by atoms with Crippen LogP contribution in [0.3, 0.4) is 0 Å². The summed E-state index contributed by atoms with van der Waals surface area (Å²) in [5.74, 6) is 0.826. The van der Waals surface area contributed by atoms with E-state index in [4.69, 9.17) is 4.74 Å². The minimum atomic E-state index is -0.445. The van der Waals surface area contributed by atoms with E-state index >= 15 is 0 Å². The van der Waals surface area contributed by atoms with Gasteiger partial charge in [0.15, 0.2) is 0 Å². The third-order valence-electron chi connectivity index (χ3n) is 5.03. The van der Waals surface area contributed by atoms with Crippen molar-refractivity contribution in [2.75, 3.05) is 52.6 Å². The first kappa shape index (κ1) is 18.9. The number of alkyl halides is 1. The average Bonchev–Trinajstić information content (AvgIpc) is 2.71. The number of ether oxygens (including phenoxy) is 1. The molecule has 0 atom stereocenters. The summed E-state index contributed by atoms with van der Waals surface area (Å²) in [6, 6.07) is 18.7. The fraction of sp³-hybridized carbons (Fsp3) is 0.455. The Bertz CT molecular complexity index is 642. The van der Waals surface area contributed by atoms with Crippen LogP contribution in [0.5, 0.6) is 5.75 Å². The van der Waals surface area contributed by atoms with E-state index in [2.05, 4.69) is 46.2 Å². The van der Waals surface area contributed by atoms with E-state index in [9.17, 15) is 4.39 Å². The van der Waals surface area contributed by atoms with Gasteiger partial charge in [0, 0.05) is 39.3 Å². The van der Waals surface area contributed by atoms with Crippen LogP contribution in [0.25, 0.3) is 0 Å².